The third kappa shape index (κ3) is 1.86. The third-order valence-electron chi connectivity index (χ3n) is 2.06. The molecule has 1 fully saturated rings. The Morgan fingerprint density at radius 1 is 1.31 bits per heavy atom. The van der Waals surface area contributed by atoms with E-state index in [9.17, 15) is 4.79 Å². The summed E-state index contributed by atoms with van der Waals surface area (Å²) in [7, 11) is 0. The largest absolute Gasteiger partial charge is 0.329 e. The van der Waals surface area contributed by atoms with E-state index >= 15 is 0 Å². The minimum Gasteiger partial charge on any atom is -0.329 e. The summed E-state index contributed by atoms with van der Waals surface area (Å²) >= 11 is 1.81. The summed E-state index contributed by atoms with van der Waals surface area (Å²) in [6.45, 7) is 0.887. The van der Waals surface area contributed by atoms with Crippen LogP contribution in [-0.2, 0) is 0 Å². The van der Waals surface area contributed by atoms with Crippen LogP contribution in [0.15, 0.2) is 30.3 Å². The van der Waals surface area contributed by atoms with Crippen LogP contribution in [0.3, 0.4) is 0 Å². The van der Waals surface area contributed by atoms with Crippen LogP contribution in [0.2, 0.25) is 0 Å². The minimum absolute atomic E-state index is 0.158. The Bertz CT molecular complexity index is 293. The molecular weight excluding hydrogens is 182 g/mol. The van der Waals surface area contributed by atoms with Crippen molar-refractivity contribution in [1.82, 2.24) is 4.90 Å². The molecule has 0 bridgehead atoms. The molecule has 2 rings (SSSR count). The van der Waals surface area contributed by atoms with Crippen LogP contribution in [0.4, 0.5) is 0 Å². The normalized spacial score (nSPS) is 16.2. The summed E-state index contributed by atoms with van der Waals surface area (Å²) < 4.78 is 0. The van der Waals surface area contributed by atoms with Gasteiger partial charge in [0.05, 0.1) is 5.88 Å². The van der Waals surface area contributed by atoms with Gasteiger partial charge in [0.25, 0.3) is 5.91 Å². The van der Waals surface area contributed by atoms with E-state index in [-0.39, 0.29) is 5.91 Å². The second-order valence-electron chi connectivity index (χ2n) is 2.97. The van der Waals surface area contributed by atoms with Crippen molar-refractivity contribution in [2.75, 3.05) is 18.2 Å². The van der Waals surface area contributed by atoms with Gasteiger partial charge in [0, 0.05) is 17.9 Å². The highest BCUT2D eigenvalue weighted by molar-refractivity contribution is 7.99. The number of hydrogen-bond donors (Lipinski definition) is 0. The maximum Gasteiger partial charge on any atom is 0.254 e. The van der Waals surface area contributed by atoms with Gasteiger partial charge in [0.2, 0.25) is 0 Å². The summed E-state index contributed by atoms with van der Waals surface area (Å²) in [5, 5.41) is 0. The number of carbonyl (C=O) groups excluding carboxylic acids is 1. The third-order valence-corrected chi connectivity index (χ3v) is 3.03. The zero-order valence-electron chi connectivity index (χ0n) is 7.27. The molecule has 1 aliphatic heterocycles. The SMILES string of the molecule is O=C(c1ccccc1)N1CCSC1. The molecule has 0 unspecified atom stereocenters. The first-order valence-corrected chi connectivity index (χ1v) is 5.45. The Kier molecular flexibility index (Phi) is 2.54. The topological polar surface area (TPSA) is 20.3 Å². The van der Waals surface area contributed by atoms with Gasteiger partial charge in [-0.15, -0.1) is 11.8 Å². The highest BCUT2D eigenvalue weighted by atomic mass is 32.2. The lowest BCUT2D eigenvalue weighted by Gasteiger charge is -2.13. The smallest absolute Gasteiger partial charge is 0.254 e. The van der Waals surface area contributed by atoms with Crippen molar-refractivity contribution in [2.45, 2.75) is 0 Å². The van der Waals surface area contributed by atoms with E-state index in [0.29, 0.717) is 0 Å². The van der Waals surface area contributed by atoms with Crippen molar-refractivity contribution >= 4 is 17.7 Å². The van der Waals surface area contributed by atoms with Gasteiger partial charge in [-0.25, -0.2) is 0 Å². The van der Waals surface area contributed by atoms with Gasteiger partial charge in [-0.2, -0.15) is 0 Å². The number of benzene rings is 1. The standard InChI is InChI=1S/C10H11NOS/c12-10(11-6-7-13-8-11)9-4-2-1-3-5-9/h1-5H,6-8H2. The molecule has 0 spiro atoms. The predicted molar refractivity (Wildman–Crippen MR) is 54.8 cm³/mol. The van der Waals surface area contributed by atoms with E-state index < -0.39 is 0 Å². The molecule has 13 heavy (non-hydrogen) atoms. The Morgan fingerprint density at radius 2 is 2.08 bits per heavy atom. The minimum atomic E-state index is 0.158. The van der Waals surface area contributed by atoms with Gasteiger partial charge in [-0.3, -0.25) is 4.79 Å². The van der Waals surface area contributed by atoms with E-state index in [4.69, 9.17) is 0 Å². The lowest BCUT2D eigenvalue weighted by Crippen LogP contribution is -2.27. The number of hydrogen-bond acceptors (Lipinski definition) is 2. The van der Waals surface area contributed by atoms with Crippen LogP contribution in [0.1, 0.15) is 10.4 Å². The fourth-order valence-electron chi connectivity index (χ4n) is 1.34. The Hall–Kier alpha value is -0.960. The zero-order valence-corrected chi connectivity index (χ0v) is 8.09. The molecule has 1 aromatic rings. The summed E-state index contributed by atoms with van der Waals surface area (Å²) in [4.78, 5) is 13.6. The van der Waals surface area contributed by atoms with E-state index in [2.05, 4.69) is 0 Å². The fraction of sp³-hybridized carbons (Fsp3) is 0.300. The average molecular weight is 193 g/mol. The van der Waals surface area contributed by atoms with E-state index in [1.54, 1.807) is 0 Å². The molecule has 0 atom stereocenters. The number of nitrogens with zero attached hydrogens (tertiary/aromatic N) is 1. The van der Waals surface area contributed by atoms with Crippen LogP contribution in [0, 0.1) is 0 Å². The summed E-state index contributed by atoms with van der Waals surface area (Å²) in [5.74, 6) is 2.07. The second kappa shape index (κ2) is 3.83. The van der Waals surface area contributed by atoms with Crippen molar-refractivity contribution in [3.63, 3.8) is 0 Å². The van der Waals surface area contributed by atoms with Crippen molar-refractivity contribution in [1.29, 1.82) is 0 Å². The molecule has 0 N–H and O–H groups in total. The van der Waals surface area contributed by atoms with Crippen molar-refractivity contribution in [2.24, 2.45) is 0 Å². The van der Waals surface area contributed by atoms with Crippen molar-refractivity contribution in [3.05, 3.63) is 35.9 Å². The molecule has 2 nitrogen and oxygen atoms in total. The highest BCUT2D eigenvalue weighted by Gasteiger charge is 2.18. The first-order chi connectivity index (χ1) is 6.38. The predicted octanol–water partition coefficient (Wildman–Crippen LogP) is 1.83. The van der Waals surface area contributed by atoms with Gasteiger partial charge < -0.3 is 4.90 Å². The molecule has 1 aromatic carbocycles. The van der Waals surface area contributed by atoms with Crippen molar-refractivity contribution in [3.8, 4) is 0 Å². The summed E-state index contributed by atoms with van der Waals surface area (Å²) in [6.07, 6.45) is 0. The lowest BCUT2D eigenvalue weighted by molar-refractivity contribution is 0.0803. The van der Waals surface area contributed by atoms with Crippen LogP contribution in [0.25, 0.3) is 0 Å². The van der Waals surface area contributed by atoms with Gasteiger partial charge >= 0.3 is 0 Å². The quantitative estimate of drug-likeness (QED) is 0.678. The zero-order chi connectivity index (χ0) is 9.10. The van der Waals surface area contributed by atoms with Crippen LogP contribution in [0.5, 0.6) is 0 Å². The molecule has 1 saturated heterocycles. The molecule has 3 heteroatoms. The molecular formula is C10H11NOS. The van der Waals surface area contributed by atoms with E-state index in [1.165, 1.54) is 0 Å². The summed E-state index contributed by atoms with van der Waals surface area (Å²) in [6, 6.07) is 9.46. The van der Waals surface area contributed by atoms with E-state index in [1.807, 2.05) is 47.0 Å². The Labute approximate surface area is 81.9 Å². The maximum absolute atomic E-state index is 11.8. The van der Waals surface area contributed by atoms with E-state index in [0.717, 1.165) is 23.7 Å². The first-order valence-electron chi connectivity index (χ1n) is 4.30. The number of rotatable bonds is 1. The number of carbonyl (C=O) groups is 1. The number of thioether (sulfide) groups is 1. The number of amides is 1. The monoisotopic (exact) mass is 193 g/mol. The second-order valence-corrected chi connectivity index (χ2v) is 4.05. The molecule has 68 valence electrons. The molecule has 1 aliphatic rings. The van der Waals surface area contributed by atoms with Gasteiger partial charge in [-0.05, 0) is 12.1 Å². The Morgan fingerprint density at radius 3 is 2.69 bits per heavy atom. The maximum atomic E-state index is 11.8. The van der Waals surface area contributed by atoms with Crippen molar-refractivity contribution < 1.29 is 4.79 Å². The highest BCUT2D eigenvalue weighted by Crippen LogP contribution is 2.16. The summed E-state index contributed by atoms with van der Waals surface area (Å²) in [5.41, 5.74) is 0.796. The van der Waals surface area contributed by atoms with Crippen LogP contribution >= 0.6 is 11.8 Å². The van der Waals surface area contributed by atoms with Gasteiger partial charge in [-0.1, -0.05) is 18.2 Å². The van der Waals surface area contributed by atoms with Gasteiger partial charge in [0.15, 0.2) is 0 Å². The molecule has 0 aromatic heterocycles. The lowest BCUT2D eigenvalue weighted by atomic mass is 10.2. The molecule has 1 amide bonds. The molecule has 0 aliphatic carbocycles. The first kappa shape index (κ1) is 8.63. The Balaban J connectivity index is 2.13. The fourth-order valence-corrected chi connectivity index (χ4v) is 2.28. The molecule has 0 radical (unpaired) electrons. The molecule has 0 saturated carbocycles. The van der Waals surface area contributed by atoms with Gasteiger partial charge in [0.1, 0.15) is 0 Å². The van der Waals surface area contributed by atoms with Crippen LogP contribution in [-0.4, -0.2) is 29.0 Å². The average Bonchev–Trinajstić information content (AvgIpc) is 2.71. The molecule has 1 heterocycles. The van der Waals surface area contributed by atoms with Crippen LogP contribution < -0.4 is 0 Å².